The van der Waals surface area contributed by atoms with Crippen LogP contribution in [0.3, 0.4) is 0 Å². The Morgan fingerprint density at radius 3 is 2.50 bits per heavy atom. The predicted octanol–water partition coefficient (Wildman–Crippen LogP) is 4.91. The van der Waals surface area contributed by atoms with E-state index in [0.717, 1.165) is 34.5 Å². The first-order chi connectivity index (χ1) is 16.7. The number of hydrogen-bond donors (Lipinski definition) is 2. The van der Waals surface area contributed by atoms with Crippen molar-refractivity contribution in [2.24, 2.45) is 0 Å². The van der Waals surface area contributed by atoms with E-state index in [0.29, 0.717) is 11.0 Å². The molecular formula is C26H25N5O2S. The van der Waals surface area contributed by atoms with Crippen LogP contribution in [0.1, 0.15) is 24.1 Å². The molecule has 0 saturated carbocycles. The average Bonchev–Trinajstić information content (AvgIpc) is 3.32. The molecular weight excluding hydrogens is 446 g/mol. The quantitative estimate of drug-likeness (QED) is 0.416. The van der Waals surface area contributed by atoms with Gasteiger partial charge in [0.15, 0.2) is 5.82 Å². The van der Waals surface area contributed by atoms with Crippen LogP contribution in [0.15, 0.2) is 84.0 Å². The predicted molar refractivity (Wildman–Crippen MR) is 135 cm³/mol. The smallest absolute Gasteiger partial charge is 0.240 e. The Balaban J connectivity index is 1.51. The van der Waals surface area contributed by atoms with Crippen molar-refractivity contribution in [3.63, 3.8) is 0 Å². The number of aryl methyl sites for hydroxylation is 1. The van der Waals surface area contributed by atoms with E-state index in [2.05, 4.69) is 27.9 Å². The van der Waals surface area contributed by atoms with Crippen molar-refractivity contribution in [1.29, 1.82) is 0 Å². The Bertz CT molecular complexity index is 1290. The van der Waals surface area contributed by atoms with Gasteiger partial charge in [-0.05, 0) is 35.7 Å². The van der Waals surface area contributed by atoms with Gasteiger partial charge >= 0.3 is 0 Å². The van der Waals surface area contributed by atoms with Gasteiger partial charge in [-0.1, -0.05) is 79.3 Å². The molecule has 1 amide bonds. The van der Waals surface area contributed by atoms with Crippen LogP contribution in [-0.2, 0) is 11.2 Å². The van der Waals surface area contributed by atoms with Crippen LogP contribution in [0, 0.1) is 0 Å². The van der Waals surface area contributed by atoms with E-state index in [1.54, 1.807) is 7.11 Å². The highest BCUT2D eigenvalue weighted by atomic mass is 32.2. The minimum Gasteiger partial charge on any atom is -0.497 e. The summed E-state index contributed by atoms with van der Waals surface area (Å²) in [5, 5.41) is 12.1. The molecule has 4 aromatic rings. The minimum atomic E-state index is -0.460. The van der Waals surface area contributed by atoms with Crippen molar-refractivity contribution < 1.29 is 9.53 Å². The fourth-order valence-electron chi connectivity index (χ4n) is 4.05. The molecule has 2 N–H and O–H groups in total. The number of carbonyl (C=O) groups excluding carboxylic acids is 1. The van der Waals surface area contributed by atoms with E-state index in [9.17, 15) is 4.79 Å². The lowest BCUT2D eigenvalue weighted by Gasteiger charge is -2.33. The molecule has 7 nitrogen and oxygen atoms in total. The average molecular weight is 472 g/mol. The number of carbonyl (C=O) groups is 1. The van der Waals surface area contributed by atoms with Gasteiger partial charge in [-0.2, -0.15) is 0 Å². The molecule has 0 fully saturated rings. The van der Waals surface area contributed by atoms with E-state index in [-0.39, 0.29) is 11.9 Å². The van der Waals surface area contributed by atoms with Gasteiger partial charge in [-0.25, -0.2) is 4.68 Å². The molecule has 0 saturated heterocycles. The number of amides is 1. The summed E-state index contributed by atoms with van der Waals surface area (Å²) in [6, 6.07) is 25.2. The minimum absolute atomic E-state index is 0.0882. The third-order valence-corrected chi connectivity index (χ3v) is 7.07. The molecule has 0 unspecified atom stereocenters. The fraction of sp³-hybridized carbons (Fsp3) is 0.192. The van der Waals surface area contributed by atoms with Gasteiger partial charge in [0.05, 0.1) is 13.2 Å². The first kappa shape index (κ1) is 22.0. The Labute approximate surface area is 202 Å². The second-order valence-electron chi connectivity index (χ2n) is 7.93. The first-order valence-electron chi connectivity index (χ1n) is 11.1. The van der Waals surface area contributed by atoms with E-state index >= 15 is 0 Å². The van der Waals surface area contributed by atoms with E-state index in [4.69, 9.17) is 4.74 Å². The van der Waals surface area contributed by atoms with Crippen LogP contribution in [-0.4, -0.2) is 33.1 Å². The Morgan fingerprint density at radius 1 is 1.03 bits per heavy atom. The zero-order valence-electron chi connectivity index (χ0n) is 18.9. The van der Waals surface area contributed by atoms with E-state index in [1.807, 2.05) is 83.5 Å². The molecule has 2 heterocycles. The monoisotopic (exact) mass is 471 g/mol. The Hall–Kier alpha value is -3.78. The molecule has 1 aromatic heterocycles. The van der Waals surface area contributed by atoms with Crippen LogP contribution in [0.4, 0.5) is 5.69 Å². The topological polar surface area (TPSA) is 81.1 Å². The summed E-state index contributed by atoms with van der Waals surface area (Å²) in [5.41, 5.74) is 7.36. The SMILES string of the molecule is CCc1ccccc1NC(=O)[C@H]1Sc2nnc(-c3ccccc3)n2N[C@H]1c1ccc(OC)cc1. The normalized spacial score (nSPS) is 16.9. The summed E-state index contributed by atoms with van der Waals surface area (Å²) in [4.78, 5) is 13.6. The number of fused-ring (bicyclic) bond motifs is 1. The molecule has 0 radical (unpaired) electrons. The highest BCUT2D eigenvalue weighted by molar-refractivity contribution is 8.00. The molecule has 0 bridgehead atoms. The molecule has 2 atom stereocenters. The van der Waals surface area contributed by atoms with Gasteiger partial charge in [0.25, 0.3) is 0 Å². The molecule has 1 aliphatic heterocycles. The van der Waals surface area contributed by atoms with E-state index in [1.165, 1.54) is 11.8 Å². The number of rotatable bonds is 6. The maximum atomic E-state index is 13.6. The summed E-state index contributed by atoms with van der Waals surface area (Å²) < 4.78 is 7.20. The third kappa shape index (κ3) is 4.24. The first-order valence-corrected chi connectivity index (χ1v) is 12.0. The molecule has 8 heteroatoms. The van der Waals surface area contributed by atoms with Gasteiger partial charge in [-0.3, -0.25) is 4.79 Å². The molecule has 0 spiro atoms. The second kappa shape index (κ2) is 9.61. The number of nitrogens with one attached hydrogen (secondary N) is 2. The maximum Gasteiger partial charge on any atom is 0.240 e. The number of methoxy groups -OCH3 is 1. The van der Waals surface area contributed by atoms with Gasteiger partial charge in [0.2, 0.25) is 11.1 Å². The van der Waals surface area contributed by atoms with Crippen molar-refractivity contribution >= 4 is 23.4 Å². The molecule has 5 rings (SSSR count). The van der Waals surface area contributed by atoms with Crippen molar-refractivity contribution in [2.45, 2.75) is 29.8 Å². The molecule has 1 aliphatic rings. The van der Waals surface area contributed by atoms with Gasteiger partial charge in [0.1, 0.15) is 11.0 Å². The number of benzene rings is 3. The molecule has 34 heavy (non-hydrogen) atoms. The van der Waals surface area contributed by atoms with Crippen LogP contribution < -0.4 is 15.5 Å². The maximum absolute atomic E-state index is 13.6. The van der Waals surface area contributed by atoms with Crippen LogP contribution in [0.2, 0.25) is 0 Å². The van der Waals surface area contributed by atoms with Crippen LogP contribution >= 0.6 is 11.8 Å². The standard InChI is InChI=1S/C26H25N5O2S/c1-3-17-9-7-8-12-21(17)27-25(32)23-22(18-13-15-20(33-2)16-14-18)30-31-24(28-29-26(31)34-23)19-10-5-4-6-11-19/h4-16,22-23,30H,3H2,1-2H3,(H,27,32)/t22-,23-/m0/s1. The zero-order valence-corrected chi connectivity index (χ0v) is 19.8. The van der Waals surface area contributed by atoms with Crippen LogP contribution in [0.25, 0.3) is 11.4 Å². The summed E-state index contributed by atoms with van der Waals surface area (Å²) in [6.45, 7) is 2.08. The van der Waals surface area contributed by atoms with Gasteiger partial charge in [-0.15, -0.1) is 10.2 Å². The number of hydrogen-bond acceptors (Lipinski definition) is 6. The number of anilines is 1. The Kier molecular flexibility index (Phi) is 6.22. The second-order valence-corrected chi connectivity index (χ2v) is 9.03. The lowest BCUT2D eigenvalue weighted by Crippen LogP contribution is -2.41. The number of nitrogens with zero attached hydrogens (tertiary/aromatic N) is 3. The van der Waals surface area contributed by atoms with Gasteiger partial charge in [0, 0.05) is 11.3 Å². The van der Waals surface area contributed by atoms with Crippen LogP contribution in [0.5, 0.6) is 5.75 Å². The lowest BCUT2D eigenvalue weighted by molar-refractivity contribution is -0.116. The van der Waals surface area contributed by atoms with Crippen molar-refractivity contribution in [2.75, 3.05) is 17.9 Å². The molecule has 0 aliphatic carbocycles. The lowest BCUT2D eigenvalue weighted by atomic mass is 10.0. The van der Waals surface area contributed by atoms with Crippen molar-refractivity contribution in [3.8, 4) is 17.1 Å². The summed E-state index contributed by atoms with van der Waals surface area (Å²) in [6.07, 6.45) is 0.836. The van der Waals surface area contributed by atoms with Crippen molar-refractivity contribution in [1.82, 2.24) is 14.9 Å². The molecule has 3 aromatic carbocycles. The number of aromatic nitrogens is 3. The number of para-hydroxylation sites is 1. The fourth-order valence-corrected chi connectivity index (χ4v) is 5.12. The largest absolute Gasteiger partial charge is 0.497 e. The summed E-state index contributed by atoms with van der Waals surface area (Å²) >= 11 is 1.41. The number of thioether (sulfide) groups is 1. The Morgan fingerprint density at radius 2 is 1.76 bits per heavy atom. The molecule has 172 valence electrons. The number of ether oxygens (including phenoxy) is 1. The third-order valence-electron chi connectivity index (χ3n) is 5.86. The zero-order chi connectivity index (χ0) is 23.5. The summed E-state index contributed by atoms with van der Waals surface area (Å²) in [7, 11) is 1.64. The van der Waals surface area contributed by atoms with E-state index < -0.39 is 5.25 Å². The summed E-state index contributed by atoms with van der Waals surface area (Å²) in [5.74, 6) is 1.38. The van der Waals surface area contributed by atoms with Crippen molar-refractivity contribution in [3.05, 3.63) is 90.0 Å². The van der Waals surface area contributed by atoms with Gasteiger partial charge < -0.3 is 15.5 Å². The highest BCUT2D eigenvalue weighted by Crippen LogP contribution is 2.39. The highest BCUT2D eigenvalue weighted by Gasteiger charge is 2.38.